The Labute approximate surface area is 174 Å². The lowest BCUT2D eigenvalue weighted by atomic mass is 10.1. The van der Waals surface area contributed by atoms with Crippen LogP contribution in [0, 0.1) is 28.7 Å². The SMILES string of the molecule is Cc1c(Cc2c(F)cccc2F)nc(SC/C=C/c2ccc([N+](=O)[O-])cc2)[nH]c1=O. The minimum Gasteiger partial charge on any atom is -0.301 e. The van der Waals surface area contributed by atoms with E-state index in [0.717, 1.165) is 5.56 Å². The second-order valence-corrected chi connectivity index (χ2v) is 7.39. The number of hydrogen-bond acceptors (Lipinski definition) is 5. The van der Waals surface area contributed by atoms with Crippen molar-refractivity contribution < 1.29 is 13.7 Å². The van der Waals surface area contributed by atoms with Crippen molar-refractivity contribution >= 4 is 23.5 Å². The average molecular weight is 429 g/mol. The van der Waals surface area contributed by atoms with Crippen LogP contribution in [0.5, 0.6) is 0 Å². The molecule has 0 unspecified atom stereocenters. The number of hydrogen-bond donors (Lipinski definition) is 1. The van der Waals surface area contributed by atoms with Gasteiger partial charge in [0.25, 0.3) is 11.2 Å². The Morgan fingerprint density at radius 2 is 1.83 bits per heavy atom. The number of non-ortho nitro benzene ring substituents is 1. The zero-order valence-corrected chi connectivity index (χ0v) is 16.7. The van der Waals surface area contributed by atoms with Gasteiger partial charge in [-0.3, -0.25) is 14.9 Å². The fourth-order valence-electron chi connectivity index (χ4n) is 2.68. The van der Waals surface area contributed by atoms with Crippen LogP contribution in [0.25, 0.3) is 6.08 Å². The lowest BCUT2D eigenvalue weighted by molar-refractivity contribution is -0.384. The minimum atomic E-state index is -0.684. The standard InChI is InChI=1S/C21H17F2N3O3S/c1-13-19(12-16-17(22)5-2-6-18(16)23)24-21(25-20(13)27)30-11-3-4-14-7-9-15(10-8-14)26(28)29/h2-10H,11-12H2,1H3,(H,24,25,27)/b4-3+. The average Bonchev–Trinajstić information content (AvgIpc) is 2.71. The Hall–Kier alpha value is -3.33. The maximum absolute atomic E-state index is 13.9. The van der Waals surface area contributed by atoms with Crippen molar-refractivity contribution in [2.75, 3.05) is 5.75 Å². The van der Waals surface area contributed by atoms with Crippen LogP contribution < -0.4 is 5.56 Å². The van der Waals surface area contributed by atoms with Crippen LogP contribution in [0.15, 0.2) is 58.5 Å². The summed E-state index contributed by atoms with van der Waals surface area (Å²) in [6.45, 7) is 1.56. The van der Waals surface area contributed by atoms with Gasteiger partial charge in [-0.25, -0.2) is 13.8 Å². The first-order valence-corrected chi connectivity index (χ1v) is 9.90. The monoisotopic (exact) mass is 429 g/mol. The fourth-order valence-corrected chi connectivity index (χ4v) is 3.37. The summed E-state index contributed by atoms with van der Waals surface area (Å²) in [7, 11) is 0. The van der Waals surface area contributed by atoms with Crippen LogP contribution >= 0.6 is 11.8 Å². The van der Waals surface area contributed by atoms with E-state index in [1.54, 1.807) is 25.1 Å². The van der Waals surface area contributed by atoms with E-state index in [2.05, 4.69) is 9.97 Å². The fraction of sp³-hybridized carbons (Fsp3) is 0.143. The second kappa shape index (κ2) is 9.45. The van der Waals surface area contributed by atoms with Crippen molar-refractivity contribution in [3.63, 3.8) is 0 Å². The van der Waals surface area contributed by atoms with E-state index in [1.807, 2.05) is 6.08 Å². The maximum atomic E-state index is 13.9. The third-order valence-electron chi connectivity index (χ3n) is 4.37. The normalized spacial score (nSPS) is 11.2. The van der Waals surface area contributed by atoms with Crippen LogP contribution in [0.4, 0.5) is 14.5 Å². The second-order valence-electron chi connectivity index (χ2n) is 6.38. The quantitative estimate of drug-likeness (QED) is 0.255. The predicted octanol–water partition coefficient (Wildman–Crippen LogP) is 4.66. The van der Waals surface area contributed by atoms with Gasteiger partial charge in [0.2, 0.25) is 0 Å². The molecule has 0 bridgehead atoms. The molecule has 6 nitrogen and oxygen atoms in total. The van der Waals surface area contributed by atoms with Gasteiger partial charge in [0.15, 0.2) is 5.16 Å². The molecule has 1 heterocycles. The molecule has 0 aliphatic rings. The highest BCUT2D eigenvalue weighted by molar-refractivity contribution is 7.99. The van der Waals surface area contributed by atoms with E-state index in [0.29, 0.717) is 22.2 Å². The number of H-pyrrole nitrogens is 1. The van der Waals surface area contributed by atoms with Crippen LogP contribution in [-0.2, 0) is 6.42 Å². The Balaban J connectivity index is 1.71. The van der Waals surface area contributed by atoms with Gasteiger partial charge >= 0.3 is 0 Å². The molecule has 0 amide bonds. The number of aromatic amines is 1. The van der Waals surface area contributed by atoms with E-state index in [9.17, 15) is 23.7 Å². The molecule has 0 saturated heterocycles. The van der Waals surface area contributed by atoms with Crippen molar-refractivity contribution in [2.45, 2.75) is 18.5 Å². The van der Waals surface area contributed by atoms with E-state index >= 15 is 0 Å². The third kappa shape index (κ3) is 5.18. The molecule has 154 valence electrons. The molecule has 0 saturated carbocycles. The van der Waals surface area contributed by atoms with Gasteiger partial charge in [0.05, 0.1) is 10.6 Å². The molecule has 1 aromatic heterocycles. The summed E-state index contributed by atoms with van der Waals surface area (Å²) in [5, 5.41) is 11.0. The minimum absolute atomic E-state index is 0.0155. The Kier molecular flexibility index (Phi) is 6.73. The van der Waals surface area contributed by atoms with Gasteiger partial charge in [-0.15, -0.1) is 0 Å². The lowest BCUT2D eigenvalue weighted by Crippen LogP contribution is -2.16. The third-order valence-corrected chi connectivity index (χ3v) is 5.19. The van der Waals surface area contributed by atoms with Gasteiger partial charge in [-0.05, 0) is 36.8 Å². The van der Waals surface area contributed by atoms with E-state index < -0.39 is 16.6 Å². The van der Waals surface area contributed by atoms with Crippen LogP contribution in [0.1, 0.15) is 22.4 Å². The molecule has 0 fully saturated rings. The van der Waals surface area contributed by atoms with E-state index in [4.69, 9.17) is 0 Å². The number of nitro groups is 1. The summed E-state index contributed by atoms with van der Waals surface area (Å²) in [6, 6.07) is 9.71. The van der Waals surface area contributed by atoms with Gasteiger partial charge < -0.3 is 4.98 Å². The van der Waals surface area contributed by atoms with Crippen molar-refractivity contribution in [2.24, 2.45) is 0 Å². The molecule has 1 N–H and O–H groups in total. The lowest BCUT2D eigenvalue weighted by Gasteiger charge is -2.08. The number of halogens is 2. The molecular formula is C21H17F2N3O3S. The van der Waals surface area contributed by atoms with Crippen molar-refractivity contribution in [3.05, 3.63) is 103 Å². The molecule has 0 spiro atoms. The first-order chi connectivity index (χ1) is 14.3. The summed E-state index contributed by atoms with van der Waals surface area (Å²) in [4.78, 5) is 29.4. The first-order valence-electron chi connectivity index (χ1n) is 8.91. The number of rotatable bonds is 7. The number of nitro benzene ring substituents is 1. The molecule has 2 aromatic carbocycles. The van der Waals surface area contributed by atoms with Crippen molar-refractivity contribution in [1.29, 1.82) is 0 Å². The van der Waals surface area contributed by atoms with Gasteiger partial charge in [-0.1, -0.05) is 30.0 Å². The smallest absolute Gasteiger partial charge is 0.269 e. The molecule has 0 atom stereocenters. The highest BCUT2D eigenvalue weighted by Crippen LogP contribution is 2.20. The van der Waals surface area contributed by atoms with Gasteiger partial charge in [0.1, 0.15) is 11.6 Å². The molecule has 0 aliphatic carbocycles. The number of nitrogens with one attached hydrogen (secondary N) is 1. The molecule has 30 heavy (non-hydrogen) atoms. The Bertz CT molecular complexity index is 1140. The Morgan fingerprint density at radius 3 is 2.47 bits per heavy atom. The number of benzene rings is 2. The number of thioether (sulfide) groups is 1. The molecule has 0 radical (unpaired) electrons. The van der Waals surface area contributed by atoms with E-state index in [1.165, 1.54) is 42.1 Å². The highest BCUT2D eigenvalue weighted by Gasteiger charge is 2.14. The van der Waals surface area contributed by atoms with Crippen LogP contribution in [-0.4, -0.2) is 20.6 Å². The summed E-state index contributed by atoms with van der Waals surface area (Å²) in [5.41, 5.74) is 0.934. The predicted molar refractivity (Wildman–Crippen MR) is 112 cm³/mol. The molecule has 0 aliphatic heterocycles. The van der Waals surface area contributed by atoms with Gasteiger partial charge in [-0.2, -0.15) is 0 Å². The summed E-state index contributed by atoms with van der Waals surface area (Å²) >= 11 is 1.25. The zero-order valence-electron chi connectivity index (χ0n) is 15.9. The van der Waals surface area contributed by atoms with E-state index in [-0.39, 0.29) is 23.2 Å². The highest BCUT2D eigenvalue weighted by atomic mass is 32.2. The first kappa shape index (κ1) is 21.4. The van der Waals surface area contributed by atoms with Crippen LogP contribution in [0.2, 0.25) is 0 Å². The Morgan fingerprint density at radius 1 is 1.17 bits per heavy atom. The largest absolute Gasteiger partial charge is 0.301 e. The molecule has 3 rings (SSSR count). The van der Waals surface area contributed by atoms with Crippen LogP contribution in [0.3, 0.4) is 0 Å². The van der Waals surface area contributed by atoms with Crippen molar-refractivity contribution in [1.82, 2.24) is 9.97 Å². The molecule has 3 aromatic rings. The van der Waals surface area contributed by atoms with Gasteiger partial charge in [0, 0.05) is 35.4 Å². The summed E-state index contributed by atoms with van der Waals surface area (Å²) in [5.74, 6) is -0.898. The summed E-state index contributed by atoms with van der Waals surface area (Å²) in [6.07, 6.45) is 3.49. The maximum Gasteiger partial charge on any atom is 0.269 e. The number of nitrogens with zero attached hydrogens (tertiary/aromatic N) is 2. The number of aromatic nitrogens is 2. The molecular weight excluding hydrogens is 412 g/mol. The molecule has 9 heteroatoms. The zero-order chi connectivity index (χ0) is 21.7. The summed E-state index contributed by atoms with van der Waals surface area (Å²) < 4.78 is 27.9. The van der Waals surface area contributed by atoms with Crippen molar-refractivity contribution in [3.8, 4) is 0 Å². The topological polar surface area (TPSA) is 88.9 Å².